The minimum atomic E-state index is -0.407. The Morgan fingerprint density at radius 2 is 2.27 bits per heavy atom. The van der Waals surface area contributed by atoms with Gasteiger partial charge in [0.1, 0.15) is 12.0 Å². The lowest BCUT2D eigenvalue weighted by atomic mass is 10.2. The normalized spacial score (nSPS) is 9.67. The smallest absolute Gasteiger partial charge is 0.220 e. The lowest BCUT2D eigenvalue weighted by Crippen LogP contribution is -2.14. The van der Waals surface area contributed by atoms with Crippen LogP contribution in [0.2, 0.25) is 0 Å². The molecule has 4 nitrogen and oxygen atoms in total. The van der Waals surface area contributed by atoms with Gasteiger partial charge in [0.05, 0.1) is 17.5 Å². The standard InChI is InChI=1S/C10H10BrNO3/c11-8-5-7(6-13)1-2-9(8)15-4-3-10(12)14/h1-2,5-6H,3-4H2,(H2,12,14). The van der Waals surface area contributed by atoms with Crippen molar-refractivity contribution in [1.82, 2.24) is 0 Å². The molecule has 5 heteroatoms. The van der Waals surface area contributed by atoms with Crippen LogP contribution < -0.4 is 10.5 Å². The fourth-order valence-electron chi connectivity index (χ4n) is 0.969. The van der Waals surface area contributed by atoms with E-state index >= 15 is 0 Å². The molecule has 0 saturated heterocycles. The molecule has 1 aromatic rings. The summed E-state index contributed by atoms with van der Waals surface area (Å²) < 4.78 is 5.96. The largest absolute Gasteiger partial charge is 0.492 e. The van der Waals surface area contributed by atoms with E-state index in [2.05, 4.69) is 15.9 Å². The lowest BCUT2D eigenvalue weighted by molar-refractivity contribution is -0.118. The Morgan fingerprint density at radius 3 is 2.80 bits per heavy atom. The predicted octanol–water partition coefficient (Wildman–Crippen LogP) is 1.52. The molecule has 0 fully saturated rings. The van der Waals surface area contributed by atoms with Crippen molar-refractivity contribution in [3.63, 3.8) is 0 Å². The molecule has 15 heavy (non-hydrogen) atoms. The fraction of sp³-hybridized carbons (Fsp3) is 0.200. The van der Waals surface area contributed by atoms with Crippen LogP contribution in [0.4, 0.5) is 0 Å². The molecule has 1 aromatic carbocycles. The van der Waals surface area contributed by atoms with Crippen molar-refractivity contribution in [2.45, 2.75) is 6.42 Å². The number of primary amides is 1. The van der Waals surface area contributed by atoms with Gasteiger partial charge in [-0.15, -0.1) is 0 Å². The van der Waals surface area contributed by atoms with Gasteiger partial charge in [0.15, 0.2) is 0 Å². The number of ether oxygens (including phenoxy) is 1. The predicted molar refractivity (Wildman–Crippen MR) is 58.8 cm³/mol. The molecule has 0 bridgehead atoms. The van der Waals surface area contributed by atoms with E-state index in [0.29, 0.717) is 15.8 Å². The van der Waals surface area contributed by atoms with E-state index in [-0.39, 0.29) is 13.0 Å². The van der Waals surface area contributed by atoms with Crippen LogP contribution in [0.15, 0.2) is 22.7 Å². The number of hydrogen-bond acceptors (Lipinski definition) is 3. The highest BCUT2D eigenvalue weighted by molar-refractivity contribution is 9.10. The van der Waals surface area contributed by atoms with E-state index in [1.54, 1.807) is 18.2 Å². The summed E-state index contributed by atoms with van der Waals surface area (Å²) >= 11 is 3.26. The third-order valence-electron chi connectivity index (χ3n) is 1.70. The van der Waals surface area contributed by atoms with Gasteiger partial charge in [0, 0.05) is 5.56 Å². The van der Waals surface area contributed by atoms with Gasteiger partial charge in [-0.3, -0.25) is 9.59 Å². The maximum Gasteiger partial charge on any atom is 0.220 e. The molecule has 0 spiro atoms. The first kappa shape index (κ1) is 11.7. The molecule has 0 aliphatic carbocycles. The number of amides is 1. The Bertz CT molecular complexity index is 379. The Labute approximate surface area is 95.5 Å². The maximum absolute atomic E-state index is 10.5. The summed E-state index contributed by atoms with van der Waals surface area (Å²) in [5, 5.41) is 0. The fourth-order valence-corrected chi connectivity index (χ4v) is 1.48. The number of aldehydes is 1. The zero-order chi connectivity index (χ0) is 11.3. The highest BCUT2D eigenvalue weighted by Crippen LogP contribution is 2.25. The molecular weight excluding hydrogens is 262 g/mol. The van der Waals surface area contributed by atoms with Crippen molar-refractivity contribution < 1.29 is 14.3 Å². The third-order valence-corrected chi connectivity index (χ3v) is 2.32. The van der Waals surface area contributed by atoms with E-state index in [0.717, 1.165) is 6.29 Å². The van der Waals surface area contributed by atoms with Gasteiger partial charge in [-0.2, -0.15) is 0 Å². The van der Waals surface area contributed by atoms with Gasteiger partial charge in [-0.1, -0.05) is 0 Å². The molecule has 2 N–H and O–H groups in total. The first-order chi connectivity index (χ1) is 7.13. The quantitative estimate of drug-likeness (QED) is 0.826. The van der Waals surface area contributed by atoms with E-state index in [1.165, 1.54) is 0 Å². The SMILES string of the molecule is NC(=O)CCOc1ccc(C=O)cc1Br. The Hall–Kier alpha value is -1.36. The molecule has 0 radical (unpaired) electrons. The van der Waals surface area contributed by atoms with Crippen LogP contribution in [0.3, 0.4) is 0 Å². The van der Waals surface area contributed by atoms with Gasteiger partial charge in [0.25, 0.3) is 0 Å². The number of benzene rings is 1. The zero-order valence-electron chi connectivity index (χ0n) is 7.90. The summed E-state index contributed by atoms with van der Waals surface area (Å²) in [5.41, 5.74) is 5.52. The minimum Gasteiger partial charge on any atom is -0.492 e. The molecule has 0 aromatic heterocycles. The summed E-state index contributed by atoms with van der Waals surface area (Å²) in [6, 6.07) is 4.94. The third kappa shape index (κ3) is 3.71. The van der Waals surface area contributed by atoms with Crippen LogP contribution in [0.5, 0.6) is 5.75 Å². The van der Waals surface area contributed by atoms with E-state index < -0.39 is 5.91 Å². The maximum atomic E-state index is 10.5. The van der Waals surface area contributed by atoms with E-state index in [1.807, 2.05) is 0 Å². The molecule has 0 atom stereocenters. The summed E-state index contributed by atoms with van der Waals surface area (Å²) in [5.74, 6) is 0.178. The van der Waals surface area contributed by atoms with Crippen LogP contribution in [0.25, 0.3) is 0 Å². The molecule has 80 valence electrons. The summed E-state index contributed by atoms with van der Waals surface area (Å²) in [7, 11) is 0. The Kier molecular flexibility index (Phi) is 4.30. The number of carbonyl (C=O) groups is 2. The monoisotopic (exact) mass is 271 g/mol. The van der Waals surface area contributed by atoms with Gasteiger partial charge in [0.2, 0.25) is 5.91 Å². The highest BCUT2D eigenvalue weighted by Gasteiger charge is 2.03. The first-order valence-electron chi connectivity index (χ1n) is 4.29. The number of rotatable bonds is 5. The second-order valence-corrected chi connectivity index (χ2v) is 3.73. The minimum absolute atomic E-state index is 0.169. The summed E-state index contributed by atoms with van der Waals surface area (Å²) in [6.07, 6.45) is 0.916. The second-order valence-electron chi connectivity index (χ2n) is 2.87. The van der Waals surface area contributed by atoms with Gasteiger partial charge < -0.3 is 10.5 Å². The summed E-state index contributed by atoms with van der Waals surface area (Å²) in [4.78, 5) is 20.9. The van der Waals surface area contributed by atoms with Crippen LogP contribution in [-0.4, -0.2) is 18.8 Å². The van der Waals surface area contributed by atoms with Gasteiger partial charge >= 0.3 is 0 Å². The molecule has 0 saturated carbocycles. The van der Waals surface area contributed by atoms with Crippen LogP contribution >= 0.6 is 15.9 Å². The van der Waals surface area contributed by atoms with Crippen molar-refractivity contribution in [2.24, 2.45) is 5.73 Å². The molecule has 0 heterocycles. The number of nitrogens with two attached hydrogens (primary N) is 1. The van der Waals surface area contributed by atoms with Crippen molar-refractivity contribution >= 4 is 28.1 Å². The average Bonchev–Trinajstić information content (AvgIpc) is 2.20. The first-order valence-corrected chi connectivity index (χ1v) is 5.08. The molecular formula is C10H10BrNO3. The van der Waals surface area contributed by atoms with E-state index in [9.17, 15) is 9.59 Å². The molecule has 0 aliphatic rings. The van der Waals surface area contributed by atoms with Crippen LogP contribution in [-0.2, 0) is 4.79 Å². The number of hydrogen-bond donors (Lipinski definition) is 1. The van der Waals surface area contributed by atoms with Gasteiger partial charge in [-0.25, -0.2) is 0 Å². The van der Waals surface area contributed by atoms with Gasteiger partial charge in [-0.05, 0) is 34.1 Å². The molecule has 1 amide bonds. The summed E-state index contributed by atoms with van der Waals surface area (Å²) in [6.45, 7) is 0.231. The molecule has 0 aliphatic heterocycles. The zero-order valence-corrected chi connectivity index (χ0v) is 9.49. The molecule has 0 unspecified atom stereocenters. The van der Waals surface area contributed by atoms with E-state index in [4.69, 9.17) is 10.5 Å². The average molecular weight is 272 g/mol. The van der Waals surface area contributed by atoms with Crippen molar-refractivity contribution in [2.75, 3.05) is 6.61 Å². The Morgan fingerprint density at radius 1 is 1.53 bits per heavy atom. The van der Waals surface area contributed by atoms with Crippen molar-refractivity contribution in [3.8, 4) is 5.75 Å². The second kappa shape index (κ2) is 5.50. The van der Waals surface area contributed by atoms with Crippen LogP contribution in [0.1, 0.15) is 16.8 Å². The number of carbonyl (C=O) groups excluding carboxylic acids is 2. The number of halogens is 1. The van der Waals surface area contributed by atoms with Crippen molar-refractivity contribution in [1.29, 1.82) is 0 Å². The van der Waals surface area contributed by atoms with Crippen molar-refractivity contribution in [3.05, 3.63) is 28.2 Å². The highest BCUT2D eigenvalue weighted by atomic mass is 79.9. The Balaban J connectivity index is 2.62. The van der Waals surface area contributed by atoms with Crippen LogP contribution in [0, 0.1) is 0 Å². The topological polar surface area (TPSA) is 69.4 Å². The molecule has 1 rings (SSSR count). The lowest BCUT2D eigenvalue weighted by Gasteiger charge is -2.06.